The molecule has 0 spiro atoms. The summed E-state index contributed by atoms with van der Waals surface area (Å²) in [4.78, 5) is 10.7. The van der Waals surface area contributed by atoms with E-state index in [1.54, 1.807) is 24.0 Å². The van der Waals surface area contributed by atoms with Gasteiger partial charge >= 0.3 is 0 Å². The van der Waals surface area contributed by atoms with Crippen LogP contribution in [0.2, 0.25) is 0 Å². The average Bonchev–Trinajstić information content (AvgIpc) is 3.08. The van der Waals surface area contributed by atoms with Gasteiger partial charge in [-0.05, 0) is 38.1 Å². The lowest BCUT2D eigenvalue weighted by Gasteiger charge is -2.37. The van der Waals surface area contributed by atoms with E-state index in [1.807, 2.05) is 6.07 Å². The quantitative estimate of drug-likeness (QED) is 0.523. The van der Waals surface area contributed by atoms with Gasteiger partial charge in [-0.15, -0.1) is 0 Å². The van der Waals surface area contributed by atoms with E-state index in [2.05, 4.69) is 44.4 Å². The summed E-state index contributed by atoms with van der Waals surface area (Å²) in [7, 11) is 1.73. The van der Waals surface area contributed by atoms with Crippen molar-refractivity contribution in [3.05, 3.63) is 48.4 Å². The van der Waals surface area contributed by atoms with Crippen molar-refractivity contribution < 1.29 is 8.78 Å². The molecule has 9 heteroatoms. The van der Waals surface area contributed by atoms with E-state index in [4.69, 9.17) is 0 Å². The number of piperazine rings is 1. The minimum Gasteiger partial charge on any atom is -0.368 e. The van der Waals surface area contributed by atoms with Crippen LogP contribution in [0.3, 0.4) is 0 Å². The molecule has 1 saturated heterocycles. The predicted molar refractivity (Wildman–Crippen MR) is 118 cm³/mol. The van der Waals surface area contributed by atoms with E-state index < -0.39 is 11.6 Å². The van der Waals surface area contributed by atoms with E-state index in [-0.39, 0.29) is 10.9 Å². The molecule has 7 nitrogen and oxygen atoms in total. The van der Waals surface area contributed by atoms with Crippen LogP contribution in [-0.4, -0.2) is 44.9 Å². The Morgan fingerprint density at radius 1 is 1.03 bits per heavy atom. The van der Waals surface area contributed by atoms with Gasteiger partial charge < -0.3 is 15.5 Å². The van der Waals surface area contributed by atoms with Crippen molar-refractivity contribution in [2.24, 2.45) is 7.05 Å². The standard InChI is InChI=1S/C22H23F2N7/c1-12-8-31(9-13(2)27-12)16-6-17(23)20-19(7-16)25-11-26-22(20)28-15-4-14-10-30(3)29-21(14)18(24)5-15/h4-7,10-13,27H,8-9H2,1-3H3,(H,25,26,28)/t12-,13+. The number of fused-ring (bicyclic) bond motifs is 2. The molecular formula is C22H23F2N7. The van der Waals surface area contributed by atoms with Crippen LogP contribution in [0.5, 0.6) is 0 Å². The predicted octanol–water partition coefficient (Wildman–Crippen LogP) is 3.72. The maximum atomic E-state index is 15.2. The summed E-state index contributed by atoms with van der Waals surface area (Å²) in [5.74, 6) is -0.584. The molecule has 2 N–H and O–H groups in total. The van der Waals surface area contributed by atoms with E-state index in [0.717, 1.165) is 18.8 Å². The third kappa shape index (κ3) is 3.65. The molecule has 0 aliphatic carbocycles. The normalized spacial score (nSPS) is 19.3. The minimum absolute atomic E-state index is 0.272. The molecule has 2 atom stereocenters. The van der Waals surface area contributed by atoms with Crippen LogP contribution < -0.4 is 15.5 Å². The third-order valence-corrected chi connectivity index (χ3v) is 5.54. The molecule has 31 heavy (non-hydrogen) atoms. The smallest absolute Gasteiger partial charge is 0.153 e. The van der Waals surface area contributed by atoms with E-state index in [9.17, 15) is 4.39 Å². The second kappa shape index (κ2) is 7.42. The van der Waals surface area contributed by atoms with Crippen LogP contribution in [0, 0.1) is 11.6 Å². The number of hydrogen-bond donors (Lipinski definition) is 2. The fourth-order valence-corrected chi connectivity index (χ4v) is 4.36. The number of aromatic nitrogens is 4. The van der Waals surface area contributed by atoms with E-state index in [0.29, 0.717) is 34.5 Å². The van der Waals surface area contributed by atoms with Crippen molar-refractivity contribution in [2.75, 3.05) is 23.3 Å². The Morgan fingerprint density at radius 3 is 2.58 bits per heavy atom. The molecule has 1 aliphatic heterocycles. The number of nitrogens with zero attached hydrogens (tertiary/aromatic N) is 5. The fourth-order valence-electron chi connectivity index (χ4n) is 4.36. The molecule has 0 unspecified atom stereocenters. The topological polar surface area (TPSA) is 70.9 Å². The second-order valence-electron chi connectivity index (χ2n) is 8.24. The van der Waals surface area contributed by atoms with Crippen molar-refractivity contribution in [3.63, 3.8) is 0 Å². The first-order chi connectivity index (χ1) is 14.9. The fraction of sp³-hybridized carbons (Fsp3) is 0.318. The van der Waals surface area contributed by atoms with Crippen molar-refractivity contribution in [2.45, 2.75) is 25.9 Å². The maximum Gasteiger partial charge on any atom is 0.153 e. The molecule has 1 fully saturated rings. The number of anilines is 3. The summed E-state index contributed by atoms with van der Waals surface area (Å²) in [6.07, 6.45) is 3.11. The number of benzene rings is 2. The number of halogens is 2. The van der Waals surface area contributed by atoms with Gasteiger partial charge in [0.25, 0.3) is 0 Å². The molecule has 160 valence electrons. The zero-order valence-corrected chi connectivity index (χ0v) is 17.5. The number of rotatable bonds is 3. The average molecular weight is 423 g/mol. The molecule has 5 rings (SSSR count). The Kier molecular flexibility index (Phi) is 4.70. The monoisotopic (exact) mass is 423 g/mol. The van der Waals surface area contributed by atoms with Gasteiger partial charge in [0.15, 0.2) is 5.82 Å². The zero-order valence-electron chi connectivity index (χ0n) is 17.5. The molecule has 4 aromatic rings. The largest absolute Gasteiger partial charge is 0.368 e. The highest BCUT2D eigenvalue weighted by Gasteiger charge is 2.23. The Hall–Kier alpha value is -3.33. The molecule has 2 aromatic heterocycles. The van der Waals surface area contributed by atoms with Crippen LogP contribution in [0.15, 0.2) is 36.8 Å². The summed E-state index contributed by atoms with van der Waals surface area (Å²) < 4.78 is 31.2. The summed E-state index contributed by atoms with van der Waals surface area (Å²) in [6.45, 7) is 5.80. The summed E-state index contributed by atoms with van der Waals surface area (Å²) in [6, 6.07) is 7.10. The van der Waals surface area contributed by atoms with Gasteiger partial charge in [0.05, 0.1) is 10.9 Å². The number of hydrogen-bond acceptors (Lipinski definition) is 6. The van der Waals surface area contributed by atoms with Gasteiger partial charge in [-0.3, -0.25) is 4.68 Å². The lowest BCUT2D eigenvalue weighted by Crippen LogP contribution is -2.54. The highest BCUT2D eigenvalue weighted by Crippen LogP contribution is 2.31. The highest BCUT2D eigenvalue weighted by atomic mass is 19.1. The molecule has 1 aliphatic rings. The molecular weight excluding hydrogens is 400 g/mol. The minimum atomic E-state index is -0.455. The highest BCUT2D eigenvalue weighted by molar-refractivity contribution is 5.94. The van der Waals surface area contributed by atoms with E-state index >= 15 is 4.39 Å². The van der Waals surface area contributed by atoms with Gasteiger partial charge in [-0.2, -0.15) is 5.10 Å². The maximum absolute atomic E-state index is 15.2. The van der Waals surface area contributed by atoms with Gasteiger partial charge in [0, 0.05) is 55.2 Å². The van der Waals surface area contributed by atoms with Gasteiger partial charge in [-0.1, -0.05) is 0 Å². The lowest BCUT2D eigenvalue weighted by molar-refractivity contribution is 0.407. The Morgan fingerprint density at radius 2 is 1.81 bits per heavy atom. The molecule has 3 heterocycles. The van der Waals surface area contributed by atoms with Gasteiger partial charge in [0.2, 0.25) is 0 Å². The van der Waals surface area contributed by atoms with Crippen LogP contribution in [0.4, 0.5) is 26.0 Å². The van der Waals surface area contributed by atoms with Crippen LogP contribution in [-0.2, 0) is 7.05 Å². The van der Waals surface area contributed by atoms with Crippen molar-refractivity contribution >= 4 is 39.0 Å². The van der Waals surface area contributed by atoms with Crippen LogP contribution in [0.1, 0.15) is 13.8 Å². The molecule has 2 aromatic carbocycles. The third-order valence-electron chi connectivity index (χ3n) is 5.54. The Bertz CT molecular complexity index is 1280. The molecule has 0 bridgehead atoms. The summed E-state index contributed by atoms with van der Waals surface area (Å²) >= 11 is 0. The van der Waals surface area contributed by atoms with Crippen molar-refractivity contribution in [1.82, 2.24) is 25.1 Å². The second-order valence-corrected chi connectivity index (χ2v) is 8.24. The Labute approximate surface area is 178 Å². The van der Waals surface area contributed by atoms with Crippen LogP contribution >= 0.6 is 0 Å². The van der Waals surface area contributed by atoms with Crippen molar-refractivity contribution in [1.29, 1.82) is 0 Å². The number of aryl methyl sites for hydroxylation is 1. The molecule has 0 radical (unpaired) electrons. The SMILES string of the molecule is C[C@@H]1CN(c2cc(F)c3c(Nc4cc(F)c5nn(C)cc5c4)ncnc3c2)C[C@H](C)N1. The summed E-state index contributed by atoms with van der Waals surface area (Å²) in [5.41, 5.74) is 2.04. The zero-order chi connectivity index (χ0) is 21.7. The first-order valence-electron chi connectivity index (χ1n) is 10.2. The first kappa shape index (κ1) is 19.6. The summed E-state index contributed by atoms with van der Waals surface area (Å²) in [5, 5.41) is 11.6. The Balaban J connectivity index is 1.53. The van der Waals surface area contributed by atoms with Gasteiger partial charge in [-0.25, -0.2) is 18.7 Å². The first-order valence-corrected chi connectivity index (χ1v) is 10.2. The van der Waals surface area contributed by atoms with E-state index in [1.165, 1.54) is 18.5 Å². The lowest BCUT2D eigenvalue weighted by atomic mass is 10.1. The van der Waals surface area contributed by atoms with Crippen molar-refractivity contribution in [3.8, 4) is 0 Å². The van der Waals surface area contributed by atoms with Crippen LogP contribution in [0.25, 0.3) is 21.8 Å². The molecule has 0 saturated carbocycles. The molecule has 0 amide bonds. The van der Waals surface area contributed by atoms with Gasteiger partial charge in [0.1, 0.15) is 23.5 Å². The number of nitrogens with one attached hydrogen (secondary N) is 2.